The van der Waals surface area contributed by atoms with Crippen LogP contribution < -0.4 is 0 Å². The average Bonchev–Trinajstić information content (AvgIpc) is 2.98. The summed E-state index contributed by atoms with van der Waals surface area (Å²) in [7, 11) is 1.86. The number of hydrogen-bond donors (Lipinski definition) is 0. The van der Waals surface area contributed by atoms with Gasteiger partial charge < -0.3 is 4.90 Å². The molecule has 138 valence electrons. The Balaban J connectivity index is 2.09. The van der Waals surface area contributed by atoms with Crippen LogP contribution in [0.25, 0.3) is 0 Å². The molecule has 2 rings (SSSR count). The van der Waals surface area contributed by atoms with Gasteiger partial charge in [0.2, 0.25) is 5.91 Å². The summed E-state index contributed by atoms with van der Waals surface area (Å²) in [6.07, 6.45) is 0. The molecule has 0 radical (unpaired) electrons. The standard InChI is InChI=1S/C18H28BrN5O/c1-8-23-14(5)16(12(3)20-23)10-22(7)18(25)11(2)9-24-15(6)17(19)13(4)21-24/h11H,8-10H2,1-7H3. The minimum atomic E-state index is -0.142. The maximum absolute atomic E-state index is 12.8. The van der Waals surface area contributed by atoms with E-state index in [1.807, 2.05) is 44.1 Å². The SMILES string of the molecule is CCn1nc(C)c(CN(C)C(=O)C(C)Cn2nc(C)c(Br)c2C)c1C. The van der Waals surface area contributed by atoms with Crippen LogP contribution in [0.2, 0.25) is 0 Å². The van der Waals surface area contributed by atoms with Gasteiger partial charge >= 0.3 is 0 Å². The van der Waals surface area contributed by atoms with E-state index in [1.54, 1.807) is 4.90 Å². The number of nitrogens with zero attached hydrogens (tertiary/aromatic N) is 5. The van der Waals surface area contributed by atoms with Gasteiger partial charge in [0.1, 0.15) is 0 Å². The number of halogens is 1. The summed E-state index contributed by atoms with van der Waals surface area (Å²) in [5, 5.41) is 9.04. The largest absolute Gasteiger partial charge is 0.341 e. The Bertz CT molecular complexity index is 777. The molecular formula is C18H28BrN5O. The lowest BCUT2D eigenvalue weighted by atomic mass is 10.1. The van der Waals surface area contributed by atoms with Crippen molar-refractivity contribution in [3.05, 3.63) is 32.8 Å². The molecule has 1 amide bonds. The monoisotopic (exact) mass is 409 g/mol. The lowest BCUT2D eigenvalue weighted by Crippen LogP contribution is -2.33. The third-order valence-electron chi connectivity index (χ3n) is 4.76. The van der Waals surface area contributed by atoms with Crippen LogP contribution in [0.1, 0.15) is 42.2 Å². The Labute approximate surface area is 158 Å². The number of carbonyl (C=O) groups excluding carboxylic acids is 1. The molecule has 2 aromatic rings. The predicted octanol–water partition coefficient (Wildman–Crippen LogP) is 3.39. The highest BCUT2D eigenvalue weighted by Gasteiger charge is 2.22. The van der Waals surface area contributed by atoms with Gasteiger partial charge in [0.25, 0.3) is 0 Å². The van der Waals surface area contributed by atoms with E-state index in [0.717, 1.165) is 39.4 Å². The van der Waals surface area contributed by atoms with Gasteiger partial charge in [0.05, 0.1) is 28.3 Å². The van der Waals surface area contributed by atoms with Crippen molar-refractivity contribution in [2.75, 3.05) is 7.05 Å². The van der Waals surface area contributed by atoms with Gasteiger partial charge in [-0.2, -0.15) is 10.2 Å². The zero-order valence-electron chi connectivity index (χ0n) is 16.2. The minimum absolute atomic E-state index is 0.117. The van der Waals surface area contributed by atoms with E-state index in [2.05, 4.69) is 40.0 Å². The number of carbonyl (C=O) groups is 1. The van der Waals surface area contributed by atoms with Crippen molar-refractivity contribution in [3.63, 3.8) is 0 Å². The maximum Gasteiger partial charge on any atom is 0.227 e. The lowest BCUT2D eigenvalue weighted by Gasteiger charge is -2.22. The van der Waals surface area contributed by atoms with Crippen LogP contribution in [0.4, 0.5) is 0 Å². The van der Waals surface area contributed by atoms with E-state index < -0.39 is 0 Å². The summed E-state index contributed by atoms with van der Waals surface area (Å²) >= 11 is 3.54. The average molecular weight is 410 g/mol. The Morgan fingerprint density at radius 1 is 1.12 bits per heavy atom. The van der Waals surface area contributed by atoms with Gasteiger partial charge in [-0.05, 0) is 50.5 Å². The first-order chi connectivity index (χ1) is 11.7. The Morgan fingerprint density at radius 2 is 1.72 bits per heavy atom. The van der Waals surface area contributed by atoms with E-state index >= 15 is 0 Å². The molecule has 0 spiro atoms. The summed E-state index contributed by atoms with van der Waals surface area (Å²) in [5.41, 5.74) is 5.27. The first kappa shape index (κ1) is 19.7. The zero-order valence-corrected chi connectivity index (χ0v) is 17.8. The highest BCUT2D eigenvalue weighted by atomic mass is 79.9. The first-order valence-corrected chi connectivity index (χ1v) is 9.43. The first-order valence-electron chi connectivity index (χ1n) is 8.64. The number of aromatic nitrogens is 4. The van der Waals surface area contributed by atoms with Crippen molar-refractivity contribution in [2.45, 2.75) is 61.2 Å². The van der Waals surface area contributed by atoms with Crippen molar-refractivity contribution in [1.29, 1.82) is 0 Å². The highest BCUT2D eigenvalue weighted by Crippen LogP contribution is 2.21. The van der Waals surface area contributed by atoms with Crippen molar-refractivity contribution in [3.8, 4) is 0 Å². The van der Waals surface area contributed by atoms with E-state index in [4.69, 9.17) is 0 Å². The molecule has 7 heteroatoms. The molecule has 0 saturated heterocycles. The molecule has 2 heterocycles. The highest BCUT2D eigenvalue weighted by molar-refractivity contribution is 9.10. The molecule has 0 aromatic carbocycles. The second kappa shape index (κ2) is 7.72. The van der Waals surface area contributed by atoms with E-state index in [-0.39, 0.29) is 11.8 Å². The lowest BCUT2D eigenvalue weighted by molar-refractivity contribution is -0.134. The predicted molar refractivity (Wildman–Crippen MR) is 102 cm³/mol. The van der Waals surface area contributed by atoms with Gasteiger partial charge in [0.15, 0.2) is 0 Å². The third-order valence-corrected chi connectivity index (χ3v) is 5.91. The fraction of sp³-hybridized carbons (Fsp3) is 0.611. The van der Waals surface area contributed by atoms with Gasteiger partial charge in [0, 0.05) is 37.1 Å². The molecule has 0 fully saturated rings. The van der Waals surface area contributed by atoms with E-state index in [9.17, 15) is 4.79 Å². The quantitative estimate of drug-likeness (QED) is 0.734. The van der Waals surface area contributed by atoms with Gasteiger partial charge in [-0.1, -0.05) is 6.92 Å². The molecule has 0 N–H and O–H groups in total. The van der Waals surface area contributed by atoms with Crippen LogP contribution in [0.15, 0.2) is 4.47 Å². The minimum Gasteiger partial charge on any atom is -0.341 e. The van der Waals surface area contributed by atoms with Crippen LogP contribution >= 0.6 is 15.9 Å². The molecule has 0 aliphatic carbocycles. The summed E-state index contributed by atoms with van der Waals surface area (Å²) in [4.78, 5) is 14.6. The van der Waals surface area contributed by atoms with Gasteiger partial charge in [-0.15, -0.1) is 0 Å². The molecule has 6 nitrogen and oxygen atoms in total. The molecule has 2 aromatic heterocycles. The second-order valence-electron chi connectivity index (χ2n) is 6.73. The van der Waals surface area contributed by atoms with Gasteiger partial charge in [-0.3, -0.25) is 14.2 Å². The summed E-state index contributed by atoms with van der Waals surface area (Å²) in [6, 6.07) is 0. The smallest absolute Gasteiger partial charge is 0.227 e. The van der Waals surface area contributed by atoms with Crippen molar-refractivity contribution >= 4 is 21.8 Å². The molecule has 0 aliphatic rings. The van der Waals surface area contributed by atoms with Crippen LogP contribution in [-0.4, -0.2) is 37.4 Å². The Hall–Kier alpha value is -1.63. The van der Waals surface area contributed by atoms with Crippen LogP contribution in [0, 0.1) is 33.6 Å². The Kier molecular flexibility index (Phi) is 6.08. The van der Waals surface area contributed by atoms with Crippen LogP contribution in [0.5, 0.6) is 0 Å². The Morgan fingerprint density at radius 3 is 2.20 bits per heavy atom. The summed E-state index contributed by atoms with van der Waals surface area (Å²) in [6.45, 7) is 14.1. The fourth-order valence-corrected chi connectivity index (χ4v) is 3.44. The van der Waals surface area contributed by atoms with Crippen molar-refractivity contribution < 1.29 is 4.79 Å². The van der Waals surface area contributed by atoms with Crippen molar-refractivity contribution in [1.82, 2.24) is 24.5 Å². The molecule has 0 aliphatic heterocycles. The molecule has 0 saturated carbocycles. The molecule has 1 atom stereocenters. The second-order valence-corrected chi connectivity index (χ2v) is 7.52. The third kappa shape index (κ3) is 3.97. The van der Waals surface area contributed by atoms with Crippen molar-refractivity contribution in [2.24, 2.45) is 5.92 Å². The topological polar surface area (TPSA) is 56.0 Å². The molecule has 25 heavy (non-hydrogen) atoms. The zero-order chi connectivity index (χ0) is 18.9. The van der Waals surface area contributed by atoms with E-state index in [0.29, 0.717) is 13.1 Å². The number of amides is 1. The molecule has 1 unspecified atom stereocenters. The van der Waals surface area contributed by atoms with Gasteiger partial charge in [-0.25, -0.2) is 0 Å². The van der Waals surface area contributed by atoms with Crippen LogP contribution in [-0.2, 0) is 24.4 Å². The fourth-order valence-electron chi connectivity index (χ4n) is 3.15. The summed E-state index contributed by atoms with van der Waals surface area (Å²) < 4.78 is 4.90. The maximum atomic E-state index is 12.8. The normalized spacial score (nSPS) is 12.5. The molecule has 0 bridgehead atoms. The van der Waals surface area contributed by atoms with Crippen LogP contribution in [0.3, 0.4) is 0 Å². The summed E-state index contributed by atoms with van der Waals surface area (Å²) in [5.74, 6) is -0.0246. The number of hydrogen-bond acceptors (Lipinski definition) is 3. The number of rotatable bonds is 6. The van der Waals surface area contributed by atoms with E-state index in [1.165, 1.54) is 0 Å². The number of aryl methyl sites for hydroxylation is 3. The molecular weight excluding hydrogens is 382 g/mol.